The van der Waals surface area contributed by atoms with E-state index in [2.05, 4.69) is 0 Å². The molecule has 23 heavy (non-hydrogen) atoms. The molecule has 3 rings (SSSR count). The van der Waals surface area contributed by atoms with Crippen LogP contribution in [0.15, 0.2) is 18.2 Å². The molecule has 4 amide bonds. The first-order valence-corrected chi connectivity index (χ1v) is 7.14. The van der Waals surface area contributed by atoms with E-state index in [1.165, 1.54) is 17.0 Å². The summed E-state index contributed by atoms with van der Waals surface area (Å²) in [4.78, 5) is 51.1. The molecule has 0 bridgehead atoms. The molecule has 2 aliphatic rings. The first-order valence-electron chi connectivity index (χ1n) is 7.14. The third-order valence-electron chi connectivity index (χ3n) is 4.06. The molecular formula is C15H14FN3O4. The van der Waals surface area contributed by atoms with E-state index in [9.17, 15) is 23.6 Å². The number of carbonyl (C=O) groups excluding carboxylic acids is 4. The molecule has 1 fully saturated rings. The number of nitrogens with zero attached hydrogens (tertiary/aromatic N) is 3. The van der Waals surface area contributed by atoms with Crippen molar-refractivity contribution in [1.82, 2.24) is 14.7 Å². The fourth-order valence-electron chi connectivity index (χ4n) is 2.75. The molecule has 0 aliphatic carbocycles. The van der Waals surface area contributed by atoms with E-state index in [-0.39, 0.29) is 11.1 Å². The standard InChI is InChI=1S/C15H14FN3O4/c16-11-3-1-2-10-13(11)15(23)19(14(10)22)8-12(21)18-6-4-17(9-20)5-7-18/h1-3,9H,4-8H2. The molecule has 2 aliphatic heterocycles. The summed E-state index contributed by atoms with van der Waals surface area (Å²) in [6.45, 7) is 1.08. The van der Waals surface area contributed by atoms with Crippen LogP contribution in [0.25, 0.3) is 0 Å². The zero-order valence-electron chi connectivity index (χ0n) is 12.2. The summed E-state index contributed by atoms with van der Waals surface area (Å²) in [5, 5.41) is 0. The van der Waals surface area contributed by atoms with Crippen LogP contribution in [-0.4, -0.2) is 71.6 Å². The molecule has 0 N–H and O–H groups in total. The van der Waals surface area contributed by atoms with Crippen molar-refractivity contribution in [2.45, 2.75) is 0 Å². The van der Waals surface area contributed by atoms with E-state index in [0.717, 1.165) is 17.4 Å². The van der Waals surface area contributed by atoms with Crippen molar-refractivity contribution >= 4 is 24.1 Å². The van der Waals surface area contributed by atoms with E-state index in [1.807, 2.05) is 0 Å². The van der Waals surface area contributed by atoms with E-state index >= 15 is 0 Å². The molecule has 120 valence electrons. The summed E-state index contributed by atoms with van der Waals surface area (Å²) < 4.78 is 13.7. The Morgan fingerprint density at radius 3 is 2.43 bits per heavy atom. The highest BCUT2D eigenvalue weighted by atomic mass is 19.1. The summed E-state index contributed by atoms with van der Waals surface area (Å²) in [6.07, 6.45) is 0.717. The number of imide groups is 1. The highest BCUT2D eigenvalue weighted by Crippen LogP contribution is 2.25. The van der Waals surface area contributed by atoms with Gasteiger partial charge in [0.05, 0.1) is 11.1 Å². The molecule has 0 aromatic heterocycles. The van der Waals surface area contributed by atoms with Gasteiger partial charge in [-0.15, -0.1) is 0 Å². The van der Waals surface area contributed by atoms with Crippen molar-refractivity contribution in [3.63, 3.8) is 0 Å². The minimum absolute atomic E-state index is 0.0198. The summed E-state index contributed by atoms with van der Waals surface area (Å²) in [5.74, 6) is -2.62. The van der Waals surface area contributed by atoms with Crippen molar-refractivity contribution in [1.29, 1.82) is 0 Å². The highest BCUT2D eigenvalue weighted by molar-refractivity contribution is 6.22. The number of hydrogen-bond acceptors (Lipinski definition) is 4. The normalized spacial score (nSPS) is 17.5. The summed E-state index contributed by atoms with van der Waals surface area (Å²) in [5.41, 5.74) is -0.301. The Kier molecular flexibility index (Phi) is 3.81. The van der Waals surface area contributed by atoms with Crippen molar-refractivity contribution < 1.29 is 23.6 Å². The molecule has 0 unspecified atom stereocenters. The number of rotatable bonds is 3. The van der Waals surface area contributed by atoms with Gasteiger partial charge in [0.1, 0.15) is 12.4 Å². The second-order valence-electron chi connectivity index (χ2n) is 5.38. The maximum Gasteiger partial charge on any atom is 0.265 e. The number of amides is 4. The van der Waals surface area contributed by atoms with Gasteiger partial charge in [0, 0.05) is 26.2 Å². The molecule has 1 saturated heterocycles. The average Bonchev–Trinajstić information content (AvgIpc) is 2.81. The zero-order chi connectivity index (χ0) is 16.6. The smallest absolute Gasteiger partial charge is 0.265 e. The Hall–Kier alpha value is -2.77. The van der Waals surface area contributed by atoms with Crippen molar-refractivity contribution in [2.24, 2.45) is 0 Å². The van der Waals surface area contributed by atoms with Crippen LogP contribution in [-0.2, 0) is 9.59 Å². The largest absolute Gasteiger partial charge is 0.342 e. The summed E-state index contributed by atoms with van der Waals surface area (Å²) in [7, 11) is 0. The number of fused-ring (bicyclic) bond motifs is 1. The van der Waals surface area contributed by atoms with E-state index in [4.69, 9.17) is 0 Å². The van der Waals surface area contributed by atoms with Crippen molar-refractivity contribution in [3.05, 3.63) is 35.1 Å². The number of hydrogen-bond donors (Lipinski definition) is 0. The zero-order valence-corrected chi connectivity index (χ0v) is 12.2. The molecule has 7 nitrogen and oxygen atoms in total. The molecule has 2 heterocycles. The predicted octanol–water partition coefficient (Wildman–Crippen LogP) is -0.278. The fourth-order valence-corrected chi connectivity index (χ4v) is 2.75. The van der Waals surface area contributed by atoms with Crippen LogP contribution in [0.4, 0.5) is 4.39 Å². The fraction of sp³-hybridized carbons (Fsp3) is 0.333. The monoisotopic (exact) mass is 319 g/mol. The third-order valence-corrected chi connectivity index (χ3v) is 4.06. The van der Waals surface area contributed by atoms with Crippen LogP contribution >= 0.6 is 0 Å². The number of carbonyl (C=O) groups is 4. The van der Waals surface area contributed by atoms with E-state index < -0.39 is 30.1 Å². The molecule has 1 aromatic carbocycles. The van der Waals surface area contributed by atoms with E-state index in [1.54, 1.807) is 4.90 Å². The van der Waals surface area contributed by atoms with Gasteiger partial charge in [-0.2, -0.15) is 0 Å². The highest BCUT2D eigenvalue weighted by Gasteiger charge is 2.39. The van der Waals surface area contributed by atoms with Gasteiger partial charge in [-0.3, -0.25) is 24.1 Å². The first kappa shape index (κ1) is 15.1. The van der Waals surface area contributed by atoms with Crippen molar-refractivity contribution in [2.75, 3.05) is 32.7 Å². The van der Waals surface area contributed by atoms with Gasteiger partial charge < -0.3 is 9.80 Å². The van der Waals surface area contributed by atoms with Crippen LogP contribution in [0.3, 0.4) is 0 Å². The van der Waals surface area contributed by atoms with Gasteiger partial charge in [0.15, 0.2) is 0 Å². The van der Waals surface area contributed by atoms with Crippen LogP contribution in [0, 0.1) is 5.82 Å². The van der Waals surface area contributed by atoms with Crippen LogP contribution in [0.2, 0.25) is 0 Å². The second kappa shape index (κ2) is 5.79. The Morgan fingerprint density at radius 1 is 1.13 bits per heavy atom. The lowest BCUT2D eigenvalue weighted by molar-refractivity contribution is -0.135. The second-order valence-corrected chi connectivity index (χ2v) is 5.38. The number of piperazine rings is 1. The molecule has 0 radical (unpaired) electrons. The minimum atomic E-state index is -0.789. The van der Waals surface area contributed by atoms with Gasteiger partial charge in [-0.05, 0) is 12.1 Å². The molecule has 0 saturated carbocycles. The minimum Gasteiger partial charge on any atom is -0.342 e. The van der Waals surface area contributed by atoms with Crippen molar-refractivity contribution in [3.8, 4) is 0 Å². The maximum atomic E-state index is 13.7. The predicted molar refractivity (Wildman–Crippen MR) is 76.0 cm³/mol. The van der Waals surface area contributed by atoms with Crippen LogP contribution in [0.5, 0.6) is 0 Å². The van der Waals surface area contributed by atoms with Crippen LogP contribution in [0.1, 0.15) is 20.7 Å². The third kappa shape index (κ3) is 2.56. The number of benzene rings is 1. The SMILES string of the molecule is O=CN1CCN(C(=O)CN2C(=O)c3cccc(F)c3C2=O)CC1. The molecule has 1 aromatic rings. The summed E-state index contributed by atoms with van der Waals surface area (Å²) >= 11 is 0. The Balaban J connectivity index is 1.71. The van der Waals surface area contributed by atoms with Crippen LogP contribution < -0.4 is 0 Å². The quantitative estimate of drug-likeness (QED) is 0.567. The lowest BCUT2D eigenvalue weighted by atomic mass is 10.1. The maximum absolute atomic E-state index is 13.7. The molecule has 0 atom stereocenters. The lowest BCUT2D eigenvalue weighted by Crippen LogP contribution is -2.51. The molecule has 0 spiro atoms. The summed E-state index contributed by atoms with van der Waals surface area (Å²) in [6, 6.07) is 3.82. The average molecular weight is 319 g/mol. The van der Waals surface area contributed by atoms with Gasteiger partial charge >= 0.3 is 0 Å². The van der Waals surface area contributed by atoms with Gasteiger partial charge in [-0.25, -0.2) is 4.39 Å². The van der Waals surface area contributed by atoms with Gasteiger partial charge in [-0.1, -0.05) is 6.07 Å². The molecule has 8 heteroatoms. The Labute approximate surface area is 131 Å². The van der Waals surface area contributed by atoms with Gasteiger partial charge in [0.2, 0.25) is 12.3 Å². The Bertz CT molecular complexity index is 698. The molecular weight excluding hydrogens is 305 g/mol. The first-order chi connectivity index (χ1) is 11.0. The van der Waals surface area contributed by atoms with Gasteiger partial charge in [0.25, 0.3) is 11.8 Å². The number of halogens is 1. The Morgan fingerprint density at radius 2 is 1.83 bits per heavy atom. The van der Waals surface area contributed by atoms with E-state index in [0.29, 0.717) is 26.2 Å². The topological polar surface area (TPSA) is 78.0 Å². The lowest BCUT2D eigenvalue weighted by Gasteiger charge is -2.33.